The molecule has 0 fully saturated rings. The van der Waals surface area contributed by atoms with Gasteiger partial charge in [-0.25, -0.2) is 0 Å². The van der Waals surface area contributed by atoms with E-state index in [1.54, 1.807) is 36.4 Å². The molecular weight excluding hydrogens is 446 g/mol. The Morgan fingerprint density at radius 2 is 1.03 bits per heavy atom. The van der Waals surface area contributed by atoms with Gasteiger partial charge in [0.05, 0.1) is 45.3 Å². The predicted molar refractivity (Wildman–Crippen MR) is 110 cm³/mol. The Balaban J connectivity index is 1.68. The van der Waals surface area contributed by atoms with Gasteiger partial charge in [-0.15, -0.1) is 0 Å². The summed E-state index contributed by atoms with van der Waals surface area (Å²) >= 11 is 0. The van der Waals surface area contributed by atoms with Crippen LogP contribution in [0, 0.1) is 0 Å². The lowest BCUT2D eigenvalue weighted by Gasteiger charge is -2.24. The molecule has 0 atom stereocenters. The largest absolute Gasteiger partial charge is 0.417 e. The molecular formula is C23H18F6N4. The lowest BCUT2D eigenvalue weighted by atomic mass is 9.84. The van der Waals surface area contributed by atoms with Crippen molar-refractivity contribution in [3.05, 3.63) is 83.4 Å². The van der Waals surface area contributed by atoms with E-state index >= 15 is 0 Å². The lowest BCUT2D eigenvalue weighted by Crippen LogP contribution is -2.22. The van der Waals surface area contributed by atoms with Crippen LogP contribution in [0.3, 0.4) is 0 Å². The van der Waals surface area contributed by atoms with Gasteiger partial charge >= 0.3 is 12.4 Å². The maximum absolute atomic E-state index is 12.9. The van der Waals surface area contributed by atoms with Gasteiger partial charge in [0.15, 0.2) is 0 Å². The fourth-order valence-electron chi connectivity index (χ4n) is 3.41. The fraction of sp³-hybridized carbons (Fsp3) is 0.217. The van der Waals surface area contributed by atoms with E-state index in [1.165, 1.54) is 0 Å². The summed E-state index contributed by atoms with van der Waals surface area (Å²) in [6.07, 6.45) is -7.18. The highest BCUT2D eigenvalue weighted by Gasteiger charge is 2.33. The highest BCUT2D eigenvalue weighted by molar-refractivity contribution is 5.58. The Kier molecular flexibility index (Phi) is 5.34. The monoisotopic (exact) mass is 464 g/mol. The van der Waals surface area contributed by atoms with Crippen LogP contribution in [0.5, 0.6) is 0 Å². The van der Waals surface area contributed by atoms with Gasteiger partial charge in [-0.05, 0) is 50.2 Å². The summed E-state index contributed by atoms with van der Waals surface area (Å²) in [5.74, 6) is 0. The third-order valence-electron chi connectivity index (χ3n) is 5.35. The number of H-pyrrole nitrogens is 2. The number of hydrogen-bond acceptors (Lipinski definition) is 2. The van der Waals surface area contributed by atoms with Gasteiger partial charge in [-0.3, -0.25) is 9.97 Å². The van der Waals surface area contributed by atoms with Crippen molar-refractivity contribution in [3.63, 3.8) is 0 Å². The molecule has 0 unspecified atom stereocenters. The van der Waals surface area contributed by atoms with Crippen LogP contribution < -0.4 is 0 Å². The minimum absolute atomic E-state index is 0.216. The molecule has 0 spiro atoms. The topological polar surface area (TPSA) is 57.4 Å². The molecule has 4 rings (SSSR count). The van der Waals surface area contributed by atoms with Crippen molar-refractivity contribution in [1.29, 1.82) is 0 Å². The molecule has 4 nitrogen and oxygen atoms in total. The Bertz CT molecular complexity index is 1180. The fourth-order valence-corrected chi connectivity index (χ4v) is 3.41. The average Bonchev–Trinajstić information content (AvgIpc) is 3.44. The maximum atomic E-state index is 12.9. The molecule has 172 valence electrons. The number of hydrogen-bond donors (Lipinski definition) is 2. The number of alkyl halides is 6. The second kappa shape index (κ2) is 7.79. The van der Waals surface area contributed by atoms with Gasteiger partial charge in [0, 0.05) is 17.8 Å². The number of aromatic nitrogens is 4. The molecule has 0 aliphatic carbocycles. The van der Waals surface area contributed by atoms with Crippen molar-refractivity contribution >= 4 is 0 Å². The standard InChI is InChI=1S/C23H18F6N4/c1-21(2,19-7-3-5-15(32-19)17-9-13(11-30-17)22(24,25)26)20-8-4-6-16(33-20)18-10-14(12-31-18)23(27,28)29/h3-12,30-31H,1-2H3. The first-order chi connectivity index (χ1) is 15.4. The highest BCUT2D eigenvalue weighted by Crippen LogP contribution is 2.35. The smallest absolute Gasteiger partial charge is 0.359 e. The minimum atomic E-state index is -4.47. The van der Waals surface area contributed by atoms with Gasteiger partial charge in [0.1, 0.15) is 0 Å². The minimum Gasteiger partial charge on any atom is -0.359 e. The molecule has 0 amide bonds. The molecule has 10 heteroatoms. The van der Waals surface area contributed by atoms with Crippen molar-refractivity contribution in [3.8, 4) is 22.8 Å². The second-order valence-electron chi connectivity index (χ2n) is 8.04. The first-order valence-corrected chi connectivity index (χ1v) is 9.83. The Hall–Kier alpha value is -3.56. The predicted octanol–water partition coefficient (Wildman–Crippen LogP) is 6.83. The molecule has 33 heavy (non-hydrogen) atoms. The van der Waals surface area contributed by atoms with E-state index in [0.717, 1.165) is 24.5 Å². The SMILES string of the molecule is CC(C)(c1cccc(-c2cc(C(F)(F)F)c[nH]2)n1)c1cccc(-c2cc(C(F)(F)F)c[nH]2)n1. The van der Waals surface area contributed by atoms with E-state index in [2.05, 4.69) is 19.9 Å². The van der Waals surface area contributed by atoms with Crippen molar-refractivity contribution in [2.75, 3.05) is 0 Å². The molecule has 2 N–H and O–H groups in total. The third kappa shape index (κ3) is 4.50. The molecule has 4 heterocycles. The highest BCUT2D eigenvalue weighted by atomic mass is 19.4. The zero-order valence-electron chi connectivity index (χ0n) is 17.4. The molecule has 4 aromatic rings. The van der Waals surface area contributed by atoms with Gasteiger partial charge in [0.2, 0.25) is 0 Å². The summed E-state index contributed by atoms with van der Waals surface area (Å²) < 4.78 is 77.6. The summed E-state index contributed by atoms with van der Waals surface area (Å²) in [7, 11) is 0. The van der Waals surface area contributed by atoms with Crippen LogP contribution in [0.1, 0.15) is 36.4 Å². The molecule has 0 aliphatic rings. The van der Waals surface area contributed by atoms with Crippen molar-refractivity contribution in [1.82, 2.24) is 19.9 Å². The molecule has 0 radical (unpaired) electrons. The summed E-state index contributed by atoms with van der Waals surface area (Å²) in [4.78, 5) is 14.3. The van der Waals surface area contributed by atoms with E-state index in [1.807, 2.05) is 13.8 Å². The number of nitrogens with one attached hydrogen (secondary N) is 2. The maximum Gasteiger partial charge on any atom is 0.417 e. The van der Waals surface area contributed by atoms with Crippen LogP contribution in [0.4, 0.5) is 26.3 Å². The summed E-state index contributed by atoms with van der Waals surface area (Å²) in [5.41, 5.74) is -0.237. The van der Waals surface area contributed by atoms with Crippen molar-refractivity contribution < 1.29 is 26.3 Å². The van der Waals surface area contributed by atoms with E-state index < -0.39 is 28.9 Å². The number of nitrogens with zero attached hydrogens (tertiary/aromatic N) is 2. The van der Waals surface area contributed by atoms with E-state index in [4.69, 9.17) is 0 Å². The lowest BCUT2D eigenvalue weighted by molar-refractivity contribution is -0.138. The van der Waals surface area contributed by atoms with Gasteiger partial charge < -0.3 is 9.97 Å². The number of halogens is 6. The quantitative estimate of drug-likeness (QED) is 0.325. The van der Waals surface area contributed by atoms with Gasteiger partial charge in [0.25, 0.3) is 0 Å². The van der Waals surface area contributed by atoms with E-state index in [9.17, 15) is 26.3 Å². The number of pyridine rings is 2. The van der Waals surface area contributed by atoms with Gasteiger partial charge in [-0.1, -0.05) is 12.1 Å². The average molecular weight is 464 g/mol. The van der Waals surface area contributed by atoms with E-state index in [0.29, 0.717) is 22.8 Å². The Morgan fingerprint density at radius 3 is 1.36 bits per heavy atom. The number of aromatic amines is 2. The molecule has 0 aromatic carbocycles. The molecule has 4 aromatic heterocycles. The Labute approximate surface area is 184 Å². The summed E-state index contributed by atoms with van der Waals surface area (Å²) in [6, 6.07) is 12.0. The molecule has 0 bridgehead atoms. The van der Waals surface area contributed by atoms with Crippen LogP contribution in [-0.2, 0) is 17.8 Å². The number of rotatable bonds is 4. The van der Waals surface area contributed by atoms with Crippen LogP contribution in [0.15, 0.2) is 60.9 Å². The molecule has 0 saturated carbocycles. The van der Waals surface area contributed by atoms with Crippen LogP contribution in [0.25, 0.3) is 22.8 Å². The van der Waals surface area contributed by atoms with E-state index in [-0.39, 0.29) is 11.4 Å². The first-order valence-electron chi connectivity index (χ1n) is 9.83. The van der Waals surface area contributed by atoms with Crippen LogP contribution in [-0.4, -0.2) is 19.9 Å². The molecule has 0 saturated heterocycles. The Morgan fingerprint density at radius 1 is 0.636 bits per heavy atom. The second-order valence-corrected chi connectivity index (χ2v) is 8.04. The van der Waals surface area contributed by atoms with Crippen LogP contribution in [0.2, 0.25) is 0 Å². The zero-order valence-corrected chi connectivity index (χ0v) is 17.4. The third-order valence-corrected chi connectivity index (χ3v) is 5.35. The van der Waals surface area contributed by atoms with Crippen molar-refractivity contribution in [2.24, 2.45) is 0 Å². The van der Waals surface area contributed by atoms with Crippen LogP contribution >= 0.6 is 0 Å². The van der Waals surface area contributed by atoms with Gasteiger partial charge in [-0.2, -0.15) is 26.3 Å². The zero-order chi connectivity index (χ0) is 24.0. The summed E-state index contributed by atoms with van der Waals surface area (Å²) in [5, 5.41) is 0. The summed E-state index contributed by atoms with van der Waals surface area (Å²) in [6.45, 7) is 3.66. The normalized spacial score (nSPS) is 12.8. The first kappa shape index (κ1) is 22.6. The van der Waals surface area contributed by atoms with Crippen molar-refractivity contribution in [2.45, 2.75) is 31.6 Å². The molecule has 0 aliphatic heterocycles.